The number of ketones is 1. The van der Waals surface area contributed by atoms with Crippen LogP contribution in [0.15, 0.2) is 60.8 Å². The lowest BCUT2D eigenvalue weighted by Gasteiger charge is -2.34. The number of benzene rings is 2. The molecule has 2 aromatic rings. The molecule has 0 spiro atoms. The summed E-state index contributed by atoms with van der Waals surface area (Å²) >= 11 is 5.84. The van der Waals surface area contributed by atoms with E-state index >= 15 is 0 Å². The Labute approximate surface area is 158 Å². The second kappa shape index (κ2) is 7.08. The van der Waals surface area contributed by atoms with Crippen LogP contribution >= 0.6 is 11.6 Å². The molecule has 0 unspecified atom stereocenters. The first kappa shape index (κ1) is 19.0. The molecule has 1 aliphatic heterocycles. The summed E-state index contributed by atoms with van der Waals surface area (Å²) in [7, 11) is 0. The van der Waals surface area contributed by atoms with E-state index in [-0.39, 0.29) is 11.5 Å². The van der Waals surface area contributed by atoms with E-state index in [4.69, 9.17) is 11.6 Å². The third-order valence-electron chi connectivity index (χ3n) is 4.28. The first-order chi connectivity index (χ1) is 12.7. The van der Waals surface area contributed by atoms with Gasteiger partial charge in [-0.05, 0) is 42.0 Å². The van der Waals surface area contributed by atoms with Gasteiger partial charge in [-0.3, -0.25) is 4.79 Å². The maximum atomic E-state index is 13.0. The number of hydrogen-bond acceptors (Lipinski definition) is 2. The summed E-state index contributed by atoms with van der Waals surface area (Å²) in [5.41, 5.74) is 0.0706. The number of alkyl halides is 3. The molecule has 0 bridgehead atoms. The quantitative estimate of drug-likeness (QED) is 0.740. The Hall–Kier alpha value is -2.80. The van der Waals surface area contributed by atoms with E-state index < -0.39 is 29.7 Å². The van der Waals surface area contributed by atoms with Crippen LogP contribution in [0.3, 0.4) is 0 Å². The van der Waals surface area contributed by atoms with Crippen LogP contribution in [-0.2, 0) is 6.18 Å². The van der Waals surface area contributed by atoms with Gasteiger partial charge in [0.2, 0.25) is 0 Å². The number of carbonyl (C=O) groups is 2. The van der Waals surface area contributed by atoms with Gasteiger partial charge in [0.05, 0.1) is 17.5 Å². The monoisotopic (exact) mass is 394 g/mol. The van der Waals surface area contributed by atoms with Crippen LogP contribution in [0.2, 0.25) is 5.02 Å². The highest BCUT2D eigenvalue weighted by atomic mass is 35.5. The molecule has 1 heterocycles. The summed E-state index contributed by atoms with van der Waals surface area (Å²) in [6.45, 7) is 3.74. The van der Waals surface area contributed by atoms with Crippen LogP contribution in [-0.4, -0.2) is 11.8 Å². The Kier molecular flexibility index (Phi) is 4.97. The predicted octanol–water partition coefficient (Wildman–Crippen LogP) is 4.73. The van der Waals surface area contributed by atoms with Crippen molar-refractivity contribution in [2.75, 3.05) is 0 Å². The van der Waals surface area contributed by atoms with Crippen LogP contribution in [0.25, 0.3) is 0 Å². The van der Waals surface area contributed by atoms with Gasteiger partial charge >= 0.3 is 12.2 Å². The first-order valence-electron chi connectivity index (χ1n) is 7.90. The molecule has 0 aromatic heterocycles. The Balaban J connectivity index is 1.97. The van der Waals surface area contributed by atoms with Crippen molar-refractivity contribution in [2.45, 2.75) is 12.2 Å². The Morgan fingerprint density at radius 2 is 1.63 bits per heavy atom. The number of hydrogen-bond donors (Lipinski definition) is 2. The molecular formula is C19H14ClF3N2O2. The second-order valence-electron chi connectivity index (χ2n) is 6.07. The normalized spacial score (nSPS) is 20.0. The lowest BCUT2D eigenvalue weighted by Crippen LogP contribution is -2.50. The van der Waals surface area contributed by atoms with Gasteiger partial charge in [-0.25, -0.2) is 4.79 Å². The van der Waals surface area contributed by atoms with E-state index in [2.05, 4.69) is 17.2 Å². The smallest absolute Gasteiger partial charge is 0.330 e. The predicted molar refractivity (Wildman–Crippen MR) is 94.3 cm³/mol. The minimum Gasteiger partial charge on any atom is -0.330 e. The molecule has 1 aliphatic rings. The summed E-state index contributed by atoms with van der Waals surface area (Å²) in [5.74, 6) is -1.23. The zero-order valence-electron chi connectivity index (χ0n) is 13.8. The maximum absolute atomic E-state index is 13.0. The van der Waals surface area contributed by atoms with E-state index in [0.29, 0.717) is 16.1 Å². The second-order valence-corrected chi connectivity index (χ2v) is 6.51. The third kappa shape index (κ3) is 3.98. The number of halogens is 4. The van der Waals surface area contributed by atoms with E-state index in [1.165, 1.54) is 24.3 Å². The van der Waals surface area contributed by atoms with Gasteiger partial charge in [0.1, 0.15) is 0 Å². The van der Waals surface area contributed by atoms with Crippen molar-refractivity contribution in [3.63, 3.8) is 0 Å². The van der Waals surface area contributed by atoms with Gasteiger partial charge in [0.15, 0.2) is 5.78 Å². The maximum Gasteiger partial charge on any atom is 0.416 e. The van der Waals surface area contributed by atoms with Crippen molar-refractivity contribution in [3.05, 3.63) is 82.5 Å². The molecule has 140 valence electrons. The number of amides is 2. The minimum absolute atomic E-state index is 0.170. The molecular weight excluding hydrogens is 381 g/mol. The Bertz CT molecular complexity index is 893. The molecule has 8 heteroatoms. The summed E-state index contributed by atoms with van der Waals surface area (Å²) in [6, 6.07) is 9.08. The zero-order valence-corrected chi connectivity index (χ0v) is 14.6. The third-order valence-corrected chi connectivity index (χ3v) is 4.53. The molecule has 2 amide bonds. The number of nitrogens with one attached hydrogen (secondary N) is 2. The van der Waals surface area contributed by atoms with Crippen molar-refractivity contribution >= 4 is 23.4 Å². The lowest BCUT2D eigenvalue weighted by molar-refractivity contribution is -0.137. The summed E-state index contributed by atoms with van der Waals surface area (Å²) in [6.07, 6.45) is -4.47. The van der Waals surface area contributed by atoms with Crippen LogP contribution in [0, 0.1) is 5.92 Å². The van der Waals surface area contributed by atoms with Crippen molar-refractivity contribution in [3.8, 4) is 0 Å². The fraction of sp³-hybridized carbons (Fsp3) is 0.158. The average molecular weight is 395 g/mol. The van der Waals surface area contributed by atoms with Crippen LogP contribution in [0.1, 0.15) is 27.5 Å². The summed E-state index contributed by atoms with van der Waals surface area (Å²) in [5, 5.41) is 5.51. The number of carbonyl (C=O) groups excluding carboxylic acids is 2. The zero-order chi connectivity index (χ0) is 19.8. The van der Waals surface area contributed by atoms with E-state index in [1.807, 2.05) is 0 Å². The van der Waals surface area contributed by atoms with E-state index in [1.54, 1.807) is 12.1 Å². The van der Waals surface area contributed by atoms with Crippen molar-refractivity contribution in [2.24, 2.45) is 5.92 Å². The minimum atomic E-state index is -4.47. The Morgan fingerprint density at radius 3 is 2.19 bits per heavy atom. The fourth-order valence-electron chi connectivity index (χ4n) is 2.94. The molecule has 1 fully saturated rings. The highest BCUT2D eigenvalue weighted by Crippen LogP contribution is 2.35. The molecule has 3 rings (SSSR count). The van der Waals surface area contributed by atoms with Crippen LogP contribution in [0.4, 0.5) is 18.0 Å². The molecule has 2 aromatic carbocycles. The fourth-order valence-corrected chi connectivity index (χ4v) is 3.07. The number of Topliss-reactive ketones (excluding diaryl/α,β-unsaturated/α-hetero) is 1. The number of rotatable bonds is 3. The molecule has 0 aliphatic carbocycles. The molecule has 0 saturated carbocycles. The standard InChI is InChI=1S/C19H14ClF3N2O2/c1-10-15(17(26)12-4-8-14(20)9-5-12)16(25-18(27)24-10)11-2-6-13(7-3-11)19(21,22)23/h2-9,15-16H,1H2,(H2,24,25,27)/t15-,16-/m1/s1. The van der Waals surface area contributed by atoms with Gasteiger partial charge in [0.25, 0.3) is 0 Å². The van der Waals surface area contributed by atoms with Gasteiger partial charge < -0.3 is 10.6 Å². The van der Waals surface area contributed by atoms with Crippen molar-refractivity contribution in [1.82, 2.24) is 10.6 Å². The van der Waals surface area contributed by atoms with E-state index in [0.717, 1.165) is 12.1 Å². The summed E-state index contributed by atoms with van der Waals surface area (Å²) in [4.78, 5) is 24.8. The van der Waals surface area contributed by atoms with Crippen molar-refractivity contribution in [1.29, 1.82) is 0 Å². The number of urea groups is 1. The van der Waals surface area contributed by atoms with Crippen molar-refractivity contribution < 1.29 is 22.8 Å². The summed E-state index contributed by atoms with van der Waals surface area (Å²) < 4.78 is 38.4. The molecule has 4 nitrogen and oxygen atoms in total. The van der Waals surface area contributed by atoms with Gasteiger partial charge in [0, 0.05) is 16.3 Å². The lowest BCUT2D eigenvalue weighted by atomic mass is 9.83. The first-order valence-corrected chi connectivity index (χ1v) is 8.28. The largest absolute Gasteiger partial charge is 0.416 e. The SMILES string of the molecule is C=C1NC(=O)N[C@H](c2ccc(C(F)(F)F)cc2)[C@@H]1C(=O)c1ccc(Cl)cc1. The van der Waals surface area contributed by atoms with Gasteiger partial charge in [-0.1, -0.05) is 30.3 Å². The molecule has 2 N–H and O–H groups in total. The molecule has 27 heavy (non-hydrogen) atoms. The molecule has 2 atom stereocenters. The van der Waals surface area contributed by atoms with Gasteiger partial charge in [-0.2, -0.15) is 13.2 Å². The average Bonchev–Trinajstić information content (AvgIpc) is 2.60. The molecule has 1 saturated heterocycles. The van der Waals surface area contributed by atoms with Crippen LogP contribution < -0.4 is 10.6 Å². The van der Waals surface area contributed by atoms with Gasteiger partial charge in [-0.15, -0.1) is 0 Å². The Morgan fingerprint density at radius 1 is 1.04 bits per heavy atom. The highest BCUT2D eigenvalue weighted by Gasteiger charge is 2.38. The highest BCUT2D eigenvalue weighted by molar-refractivity contribution is 6.30. The van der Waals surface area contributed by atoms with E-state index in [9.17, 15) is 22.8 Å². The van der Waals surface area contributed by atoms with Crippen LogP contribution in [0.5, 0.6) is 0 Å². The topological polar surface area (TPSA) is 58.2 Å². The molecule has 0 radical (unpaired) electrons.